The molecular weight excluding hydrogens is 430 g/mol. The molecule has 0 unspecified atom stereocenters. The van der Waals surface area contributed by atoms with Gasteiger partial charge in [0, 0.05) is 6.42 Å². The zero-order chi connectivity index (χ0) is 23.8. The number of hydrogen-bond acceptors (Lipinski definition) is 5. The van der Waals surface area contributed by atoms with Gasteiger partial charge < -0.3 is 14.3 Å². The van der Waals surface area contributed by atoms with Crippen LogP contribution in [0.2, 0.25) is 0 Å². The first-order chi connectivity index (χ1) is 16.7. The van der Waals surface area contributed by atoms with Gasteiger partial charge in [0.05, 0.1) is 0 Å². The third kappa shape index (κ3) is 5.34. The zero-order valence-corrected chi connectivity index (χ0v) is 18.8. The van der Waals surface area contributed by atoms with Gasteiger partial charge in [0.1, 0.15) is 25.0 Å². The van der Waals surface area contributed by atoms with Crippen molar-refractivity contribution in [2.75, 3.05) is 0 Å². The van der Waals surface area contributed by atoms with E-state index in [4.69, 9.17) is 9.47 Å². The molecule has 174 valence electrons. The van der Waals surface area contributed by atoms with Crippen LogP contribution in [0.4, 0.5) is 4.79 Å². The fourth-order valence-electron chi connectivity index (χ4n) is 4.29. The fourth-order valence-corrected chi connectivity index (χ4v) is 4.29. The van der Waals surface area contributed by atoms with Crippen molar-refractivity contribution < 1.29 is 23.9 Å². The van der Waals surface area contributed by atoms with E-state index in [-0.39, 0.29) is 6.61 Å². The third-order valence-corrected chi connectivity index (χ3v) is 5.92. The summed E-state index contributed by atoms with van der Waals surface area (Å²) in [4.78, 5) is 39.1. The lowest BCUT2D eigenvalue weighted by atomic mass is 9.90. The highest BCUT2D eigenvalue weighted by Crippen LogP contribution is 2.43. The summed E-state index contributed by atoms with van der Waals surface area (Å²) in [6, 6.07) is 26.9. The Morgan fingerprint density at radius 1 is 0.882 bits per heavy atom. The average Bonchev–Trinajstić information content (AvgIpc) is 2.89. The minimum absolute atomic E-state index is 0.0871. The first-order valence-electron chi connectivity index (χ1n) is 11.4. The maximum atomic E-state index is 13.5. The number of unbranched alkanes of at least 4 members (excludes halogenated alkanes) is 1. The largest absolute Gasteiger partial charge is 0.453 e. The summed E-state index contributed by atoms with van der Waals surface area (Å²) in [5.41, 5.74) is 2.47. The molecule has 0 aromatic heterocycles. The van der Waals surface area contributed by atoms with Gasteiger partial charge in [0.25, 0.3) is 0 Å². The Kier molecular flexibility index (Phi) is 7.71. The van der Waals surface area contributed by atoms with Crippen LogP contribution in [-0.2, 0) is 25.7 Å². The molecule has 3 aromatic rings. The first kappa shape index (κ1) is 23.2. The van der Waals surface area contributed by atoms with Crippen LogP contribution in [0.5, 0.6) is 0 Å². The normalized spacial score (nSPS) is 19.8. The number of ether oxygens (including phenoxy) is 2. The van der Waals surface area contributed by atoms with Crippen LogP contribution in [-0.4, -0.2) is 29.3 Å². The van der Waals surface area contributed by atoms with Gasteiger partial charge in [-0.3, -0.25) is 4.90 Å². The minimum Gasteiger partial charge on any atom is -0.453 e. The lowest BCUT2D eigenvalue weighted by Crippen LogP contribution is -2.54. The number of nitrogens with zero attached hydrogens (tertiary/aromatic N) is 1. The quantitative estimate of drug-likeness (QED) is 0.257. The number of hydrogen-bond donors (Lipinski definition) is 0. The van der Waals surface area contributed by atoms with Gasteiger partial charge >= 0.3 is 12.1 Å². The molecule has 0 N–H and O–H groups in total. The predicted octanol–water partition coefficient (Wildman–Crippen LogP) is 5.40. The molecule has 0 spiro atoms. The van der Waals surface area contributed by atoms with Crippen molar-refractivity contribution in [2.24, 2.45) is 0 Å². The second-order valence-electron chi connectivity index (χ2n) is 8.18. The van der Waals surface area contributed by atoms with E-state index in [1.807, 2.05) is 91.0 Å². The van der Waals surface area contributed by atoms with Crippen LogP contribution in [0.25, 0.3) is 0 Å². The van der Waals surface area contributed by atoms with E-state index in [1.54, 1.807) is 0 Å². The lowest BCUT2D eigenvalue weighted by molar-refractivity contribution is -0.173. The van der Waals surface area contributed by atoms with Gasteiger partial charge in [0.15, 0.2) is 6.10 Å². The molecule has 0 saturated carbocycles. The van der Waals surface area contributed by atoms with E-state index in [0.29, 0.717) is 19.3 Å². The van der Waals surface area contributed by atoms with Crippen molar-refractivity contribution >= 4 is 18.3 Å². The Bertz CT molecular complexity index is 1090. The highest BCUT2D eigenvalue weighted by Gasteiger charge is 2.48. The number of aldehydes is 1. The second kappa shape index (κ2) is 11.3. The molecule has 1 aliphatic heterocycles. The maximum absolute atomic E-state index is 13.5. The topological polar surface area (TPSA) is 72.9 Å². The van der Waals surface area contributed by atoms with Gasteiger partial charge in [-0.2, -0.15) is 0 Å². The number of esters is 1. The summed E-state index contributed by atoms with van der Waals surface area (Å²) < 4.78 is 11.6. The van der Waals surface area contributed by atoms with Crippen LogP contribution >= 0.6 is 0 Å². The molecule has 3 aromatic carbocycles. The molecule has 1 fully saturated rings. The molecule has 1 aliphatic rings. The molecule has 4 rings (SSSR count). The Balaban J connectivity index is 1.72. The number of benzene rings is 3. The number of amides is 1. The zero-order valence-electron chi connectivity index (χ0n) is 18.8. The Hall–Kier alpha value is -3.93. The summed E-state index contributed by atoms with van der Waals surface area (Å²) in [7, 11) is 0. The molecule has 6 heteroatoms. The molecular formula is C28H27NO5. The molecule has 6 nitrogen and oxygen atoms in total. The standard InChI is InChI=1S/C28H27NO5/c30-19-11-10-18-24-27(31)34-26(23-16-8-3-9-17-23)25(22-14-6-2-7-15-22)29(24)28(32)33-20-21-12-4-1-5-13-21/h1-9,12-17,19,24-26H,10-11,18,20H2/t24-,25-,26+/m0/s1. The van der Waals surface area contributed by atoms with Crippen molar-refractivity contribution in [3.63, 3.8) is 0 Å². The van der Waals surface area contributed by atoms with Crippen LogP contribution in [0, 0.1) is 0 Å². The molecule has 3 atom stereocenters. The SMILES string of the molecule is O=CCCC[C@H]1C(=O)O[C@H](c2ccccc2)[C@H](c2ccccc2)N1C(=O)OCc1ccccc1. The van der Waals surface area contributed by atoms with Crippen LogP contribution in [0.1, 0.15) is 48.1 Å². The van der Waals surface area contributed by atoms with Gasteiger partial charge in [-0.05, 0) is 29.5 Å². The Morgan fingerprint density at radius 3 is 2.09 bits per heavy atom. The van der Waals surface area contributed by atoms with Crippen molar-refractivity contribution in [1.82, 2.24) is 4.90 Å². The van der Waals surface area contributed by atoms with E-state index in [2.05, 4.69) is 0 Å². The Morgan fingerprint density at radius 2 is 1.47 bits per heavy atom. The van der Waals surface area contributed by atoms with E-state index in [9.17, 15) is 14.4 Å². The van der Waals surface area contributed by atoms with Gasteiger partial charge in [-0.25, -0.2) is 9.59 Å². The van der Waals surface area contributed by atoms with Crippen LogP contribution < -0.4 is 0 Å². The number of cyclic esters (lactones) is 1. The molecule has 0 radical (unpaired) electrons. The van der Waals surface area contributed by atoms with Gasteiger partial charge in [-0.1, -0.05) is 91.0 Å². The van der Waals surface area contributed by atoms with E-state index in [1.165, 1.54) is 4.90 Å². The fraction of sp³-hybridized carbons (Fsp3) is 0.250. The summed E-state index contributed by atoms with van der Waals surface area (Å²) in [6.45, 7) is 0.0871. The highest BCUT2D eigenvalue weighted by molar-refractivity contribution is 5.83. The second-order valence-corrected chi connectivity index (χ2v) is 8.18. The summed E-state index contributed by atoms with van der Waals surface area (Å²) >= 11 is 0. The summed E-state index contributed by atoms with van der Waals surface area (Å²) in [6.07, 6.45) is 0.600. The molecule has 0 aliphatic carbocycles. The van der Waals surface area contributed by atoms with Crippen LogP contribution in [0.3, 0.4) is 0 Å². The maximum Gasteiger partial charge on any atom is 0.411 e. The van der Waals surface area contributed by atoms with Gasteiger partial charge in [0.2, 0.25) is 0 Å². The molecule has 0 bridgehead atoms. The van der Waals surface area contributed by atoms with E-state index >= 15 is 0 Å². The summed E-state index contributed by atoms with van der Waals surface area (Å²) in [5.74, 6) is -0.497. The van der Waals surface area contributed by atoms with E-state index in [0.717, 1.165) is 23.0 Å². The van der Waals surface area contributed by atoms with Gasteiger partial charge in [-0.15, -0.1) is 0 Å². The minimum atomic E-state index is -0.853. The van der Waals surface area contributed by atoms with Crippen molar-refractivity contribution in [3.05, 3.63) is 108 Å². The number of morpholine rings is 1. The highest BCUT2D eigenvalue weighted by atomic mass is 16.6. The summed E-state index contributed by atoms with van der Waals surface area (Å²) in [5, 5.41) is 0. The van der Waals surface area contributed by atoms with Crippen molar-refractivity contribution in [3.8, 4) is 0 Å². The molecule has 34 heavy (non-hydrogen) atoms. The van der Waals surface area contributed by atoms with Crippen molar-refractivity contribution in [1.29, 1.82) is 0 Å². The molecule has 1 amide bonds. The predicted molar refractivity (Wildman–Crippen MR) is 127 cm³/mol. The average molecular weight is 458 g/mol. The monoisotopic (exact) mass is 457 g/mol. The number of carbonyl (C=O) groups is 3. The number of carbonyl (C=O) groups excluding carboxylic acids is 3. The molecule has 1 saturated heterocycles. The van der Waals surface area contributed by atoms with Crippen LogP contribution in [0.15, 0.2) is 91.0 Å². The number of rotatable bonds is 8. The third-order valence-electron chi connectivity index (χ3n) is 5.92. The lowest BCUT2D eigenvalue weighted by Gasteiger charge is -2.44. The smallest absolute Gasteiger partial charge is 0.411 e. The van der Waals surface area contributed by atoms with Crippen molar-refractivity contribution in [2.45, 2.75) is 44.1 Å². The Labute approximate surface area is 199 Å². The first-order valence-corrected chi connectivity index (χ1v) is 11.4. The van der Waals surface area contributed by atoms with E-state index < -0.39 is 30.3 Å². The molecule has 1 heterocycles.